The first-order valence-electron chi connectivity index (χ1n) is 15.4. The second-order valence-corrected chi connectivity index (χ2v) is 14.5. The van der Waals surface area contributed by atoms with Crippen LogP contribution in [0.3, 0.4) is 0 Å². The van der Waals surface area contributed by atoms with Crippen molar-refractivity contribution >= 4 is 21.7 Å². The topological polar surface area (TPSA) is 96.0 Å². The van der Waals surface area contributed by atoms with Gasteiger partial charge in [-0.1, -0.05) is 49.6 Å². The third kappa shape index (κ3) is 7.00. The maximum atomic E-state index is 13.6. The molecule has 2 saturated heterocycles. The molecule has 0 bridgehead atoms. The predicted octanol–water partition coefficient (Wildman–Crippen LogP) is 4.74. The molecule has 2 amide bonds. The summed E-state index contributed by atoms with van der Waals surface area (Å²) < 4.78 is 29.2. The minimum Gasteiger partial charge on any atom is -0.496 e. The Morgan fingerprint density at radius 2 is 1.67 bits per heavy atom. The SMILES string of the molecule is COc1ccccc1C(CCN1CCC2(CC1)CCN(Cc1ccc(S(C)(=O)=O)cc1)C2=O)NC(=O)C1CCCCC1. The van der Waals surface area contributed by atoms with Crippen molar-refractivity contribution in [2.45, 2.75) is 75.3 Å². The van der Waals surface area contributed by atoms with Crippen LogP contribution in [0.4, 0.5) is 0 Å². The van der Waals surface area contributed by atoms with E-state index in [1.165, 1.54) is 12.7 Å². The number of benzene rings is 2. The summed E-state index contributed by atoms with van der Waals surface area (Å²) in [6.45, 7) is 3.80. The molecule has 8 nitrogen and oxygen atoms in total. The van der Waals surface area contributed by atoms with Gasteiger partial charge in [0.1, 0.15) is 5.75 Å². The molecule has 0 radical (unpaired) electrons. The first-order valence-corrected chi connectivity index (χ1v) is 17.3. The van der Waals surface area contributed by atoms with Gasteiger partial charge in [0.25, 0.3) is 0 Å². The Labute approximate surface area is 250 Å². The van der Waals surface area contributed by atoms with Crippen molar-refractivity contribution in [2.75, 3.05) is 39.5 Å². The monoisotopic (exact) mass is 595 g/mol. The number of hydrogen-bond acceptors (Lipinski definition) is 6. The summed E-state index contributed by atoms with van der Waals surface area (Å²) in [7, 11) is -1.56. The highest BCUT2D eigenvalue weighted by Gasteiger charge is 2.47. The van der Waals surface area contributed by atoms with Gasteiger partial charge in [-0.25, -0.2) is 8.42 Å². The van der Waals surface area contributed by atoms with Gasteiger partial charge in [0.15, 0.2) is 9.84 Å². The van der Waals surface area contributed by atoms with Gasteiger partial charge < -0.3 is 19.9 Å². The molecule has 2 aromatic rings. The van der Waals surface area contributed by atoms with Crippen molar-refractivity contribution in [1.29, 1.82) is 0 Å². The molecule has 228 valence electrons. The fraction of sp³-hybridized carbons (Fsp3) is 0.576. The third-order valence-corrected chi connectivity index (χ3v) is 10.8. The summed E-state index contributed by atoms with van der Waals surface area (Å²) in [4.78, 5) is 31.4. The number of carbonyl (C=O) groups is 2. The van der Waals surface area contributed by atoms with Crippen molar-refractivity contribution in [3.63, 3.8) is 0 Å². The van der Waals surface area contributed by atoms with Crippen LogP contribution in [-0.2, 0) is 26.0 Å². The van der Waals surface area contributed by atoms with Gasteiger partial charge in [0.2, 0.25) is 11.8 Å². The normalized spacial score (nSPS) is 20.5. The van der Waals surface area contributed by atoms with E-state index in [4.69, 9.17) is 4.74 Å². The molecule has 1 spiro atoms. The molecule has 2 aromatic carbocycles. The Kier molecular flexibility index (Phi) is 9.57. The number of piperidine rings is 1. The van der Waals surface area contributed by atoms with Crippen LogP contribution in [0.1, 0.15) is 75.0 Å². The minimum atomic E-state index is -3.24. The van der Waals surface area contributed by atoms with Crippen LogP contribution in [0.15, 0.2) is 53.4 Å². The number of nitrogens with zero attached hydrogens (tertiary/aromatic N) is 2. The van der Waals surface area contributed by atoms with Crippen molar-refractivity contribution in [1.82, 2.24) is 15.1 Å². The van der Waals surface area contributed by atoms with Crippen LogP contribution < -0.4 is 10.1 Å². The quantitative estimate of drug-likeness (QED) is 0.426. The van der Waals surface area contributed by atoms with E-state index >= 15 is 0 Å². The molecule has 2 aliphatic heterocycles. The predicted molar refractivity (Wildman–Crippen MR) is 163 cm³/mol. The number of sulfone groups is 1. The van der Waals surface area contributed by atoms with Gasteiger partial charge in [0.05, 0.1) is 23.5 Å². The van der Waals surface area contributed by atoms with Gasteiger partial charge in [-0.05, 0) is 75.4 Å². The highest BCUT2D eigenvalue weighted by atomic mass is 32.2. The van der Waals surface area contributed by atoms with E-state index in [0.717, 1.165) is 94.4 Å². The van der Waals surface area contributed by atoms with Crippen LogP contribution in [0.2, 0.25) is 0 Å². The van der Waals surface area contributed by atoms with E-state index in [0.29, 0.717) is 11.4 Å². The molecule has 5 rings (SSSR count). The molecule has 1 N–H and O–H groups in total. The summed E-state index contributed by atoms with van der Waals surface area (Å²) in [5.74, 6) is 1.28. The standard InChI is InChI=1S/C33H45N3O5S/c1-41-30-11-7-6-10-28(30)29(34-31(37)26-8-4-3-5-9-26)16-20-35-21-17-33(18-22-35)19-23-36(32(33)38)24-25-12-14-27(15-13-25)42(2,39)40/h6-7,10-15,26,29H,3-5,8-9,16-24H2,1-2H3,(H,34,37). The molecule has 0 aromatic heterocycles. The number of likely N-dealkylation sites (tertiary alicyclic amines) is 2. The first kappa shape index (κ1) is 30.5. The number of methoxy groups -OCH3 is 1. The number of rotatable bonds is 10. The van der Waals surface area contributed by atoms with E-state index in [-0.39, 0.29) is 29.2 Å². The van der Waals surface area contributed by atoms with E-state index in [9.17, 15) is 18.0 Å². The van der Waals surface area contributed by atoms with E-state index in [1.807, 2.05) is 35.2 Å². The van der Waals surface area contributed by atoms with Crippen molar-refractivity contribution in [3.05, 3.63) is 59.7 Å². The number of para-hydroxylation sites is 1. The zero-order valence-electron chi connectivity index (χ0n) is 25.0. The maximum Gasteiger partial charge on any atom is 0.229 e. The highest BCUT2D eigenvalue weighted by molar-refractivity contribution is 7.90. The lowest BCUT2D eigenvalue weighted by atomic mass is 9.77. The molecule has 42 heavy (non-hydrogen) atoms. The molecule has 1 atom stereocenters. The Hall–Kier alpha value is -2.91. The summed E-state index contributed by atoms with van der Waals surface area (Å²) >= 11 is 0. The largest absolute Gasteiger partial charge is 0.496 e. The fourth-order valence-electron chi connectivity index (χ4n) is 7.00. The smallest absolute Gasteiger partial charge is 0.229 e. The molecular weight excluding hydrogens is 550 g/mol. The zero-order chi connectivity index (χ0) is 29.7. The average Bonchev–Trinajstić information content (AvgIpc) is 3.30. The number of amides is 2. The highest BCUT2D eigenvalue weighted by Crippen LogP contribution is 2.42. The lowest BCUT2D eigenvalue weighted by Crippen LogP contribution is -2.45. The molecule has 1 aliphatic carbocycles. The first-order chi connectivity index (χ1) is 20.2. The number of hydrogen-bond donors (Lipinski definition) is 1. The third-order valence-electron chi connectivity index (χ3n) is 9.68. The number of carbonyl (C=O) groups excluding carboxylic acids is 2. The van der Waals surface area contributed by atoms with Gasteiger partial charge in [-0.2, -0.15) is 0 Å². The van der Waals surface area contributed by atoms with Crippen molar-refractivity contribution < 1.29 is 22.7 Å². The van der Waals surface area contributed by atoms with Gasteiger partial charge in [-0.3, -0.25) is 9.59 Å². The molecule has 1 unspecified atom stereocenters. The van der Waals surface area contributed by atoms with E-state index in [1.54, 1.807) is 19.2 Å². The Balaban J connectivity index is 1.17. The Morgan fingerprint density at radius 3 is 2.33 bits per heavy atom. The molecule has 9 heteroatoms. The number of ether oxygens (including phenoxy) is 1. The van der Waals surface area contributed by atoms with Crippen LogP contribution in [-0.4, -0.2) is 69.6 Å². The second-order valence-electron chi connectivity index (χ2n) is 12.4. The van der Waals surface area contributed by atoms with Crippen LogP contribution in [0.5, 0.6) is 5.75 Å². The molecule has 2 heterocycles. The van der Waals surface area contributed by atoms with Gasteiger partial charge in [-0.15, -0.1) is 0 Å². The number of nitrogens with one attached hydrogen (secondary N) is 1. The summed E-state index contributed by atoms with van der Waals surface area (Å²) in [5.41, 5.74) is 1.66. The molecular formula is C33H45N3O5S. The van der Waals surface area contributed by atoms with Crippen LogP contribution in [0.25, 0.3) is 0 Å². The molecule has 3 aliphatic rings. The van der Waals surface area contributed by atoms with E-state index in [2.05, 4.69) is 16.3 Å². The Bertz CT molecular complexity index is 1350. The van der Waals surface area contributed by atoms with Crippen LogP contribution in [0, 0.1) is 11.3 Å². The summed E-state index contributed by atoms with van der Waals surface area (Å²) in [5, 5.41) is 3.37. The van der Waals surface area contributed by atoms with Crippen LogP contribution >= 0.6 is 0 Å². The minimum absolute atomic E-state index is 0.0970. The lowest BCUT2D eigenvalue weighted by Gasteiger charge is -2.38. The zero-order valence-corrected chi connectivity index (χ0v) is 25.8. The Morgan fingerprint density at radius 1 is 1.00 bits per heavy atom. The fourth-order valence-corrected chi connectivity index (χ4v) is 7.63. The van der Waals surface area contributed by atoms with Gasteiger partial charge in [0, 0.05) is 37.4 Å². The molecule has 3 fully saturated rings. The van der Waals surface area contributed by atoms with Crippen molar-refractivity contribution in [3.8, 4) is 5.75 Å². The van der Waals surface area contributed by atoms with Gasteiger partial charge >= 0.3 is 0 Å². The van der Waals surface area contributed by atoms with Crippen molar-refractivity contribution in [2.24, 2.45) is 11.3 Å². The summed E-state index contributed by atoms with van der Waals surface area (Å²) in [6, 6.07) is 14.7. The molecule has 1 saturated carbocycles. The maximum absolute atomic E-state index is 13.6. The average molecular weight is 596 g/mol. The van der Waals surface area contributed by atoms with E-state index < -0.39 is 9.84 Å². The lowest BCUT2D eigenvalue weighted by molar-refractivity contribution is -0.139. The summed E-state index contributed by atoms with van der Waals surface area (Å²) in [6.07, 6.45) is 9.93. The second kappa shape index (κ2) is 13.2.